The maximum atomic E-state index is 14.3. The van der Waals surface area contributed by atoms with Gasteiger partial charge in [0.15, 0.2) is 0 Å². The second-order valence-electron chi connectivity index (χ2n) is 6.11. The zero-order chi connectivity index (χ0) is 18.0. The van der Waals surface area contributed by atoms with Gasteiger partial charge in [0.05, 0.1) is 0 Å². The summed E-state index contributed by atoms with van der Waals surface area (Å²) in [6.45, 7) is 1.50. The number of halogens is 1. The van der Waals surface area contributed by atoms with E-state index in [4.69, 9.17) is 21.0 Å². The maximum absolute atomic E-state index is 14.3. The fraction of sp³-hybridized carbons (Fsp3) is 0.263. The van der Waals surface area contributed by atoms with Crippen molar-refractivity contribution < 1.29 is 19.0 Å². The Morgan fingerprint density at radius 3 is 2.44 bits per heavy atom. The summed E-state index contributed by atoms with van der Waals surface area (Å²) < 4.78 is 19.7. The first kappa shape index (κ1) is 17.1. The molecule has 1 saturated heterocycles. The van der Waals surface area contributed by atoms with Gasteiger partial charge < -0.3 is 15.6 Å². The van der Waals surface area contributed by atoms with Crippen molar-refractivity contribution in [2.75, 3.05) is 18.9 Å². The molecule has 0 radical (unpaired) electrons. The summed E-state index contributed by atoms with van der Waals surface area (Å²) in [5, 5.41) is 16.6. The lowest BCUT2D eigenvalue weighted by atomic mass is 9.90. The molecule has 0 unspecified atom stereocenters. The summed E-state index contributed by atoms with van der Waals surface area (Å²) >= 11 is 0. The lowest BCUT2D eigenvalue weighted by molar-refractivity contribution is -0.129. The first-order chi connectivity index (χ1) is 12.0. The van der Waals surface area contributed by atoms with E-state index < -0.39 is 17.5 Å². The van der Waals surface area contributed by atoms with E-state index in [9.17, 15) is 9.18 Å². The van der Waals surface area contributed by atoms with Crippen LogP contribution in [0.2, 0.25) is 0 Å². The molecule has 1 aliphatic rings. The van der Waals surface area contributed by atoms with E-state index in [0.29, 0.717) is 11.5 Å². The van der Waals surface area contributed by atoms with Crippen LogP contribution in [0.4, 0.5) is 10.1 Å². The van der Waals surface area contributed by atoms with Crippen LogP contribution in [0.5, 0.6) is 0 Å². The fourth-order valence-electron chi connectivity index (χ4n) is 3.11. The summed E-state index contributed by atoms with van der Waals surface area (Å²) in [6.07, 6.45) is 1.94. The Balaban J connectivity index is 1.94. The number of ether oxygens (including phenoxy) is 1. The third kappa shape index (κ3) is 3.53. The summed E-state index contributed by atoms with van der Waals surface area (Å²) in [6, 6.07) is 9.94. The van der Waals surface area contributed by atoms with Gasteiger partial charge in [-0.2, -0.15) is 0 Å². The quantitative estimate of drug-likeness (QED) is 0.586. The van der Waals surface area contributed by atoms with Gasteiger partial charge in [0.1, 0.15) is 11.5 Å². The third-order valence-electron chi connectivity index (χ3n) is 4.54. The van der Waals surface area contributed by atoms with Gasteiger partial charge in [-0.1, -0.05) is 24.3 Å². The van der Waals surface area contributed by atoms with Crippen LogP contribution in [0.1, 0.15) is 29.9 Å². The van der Waals surface area contributed by atoms with Gasteiger partial charge in [-0.3, -0.25) is 5.41 Å². The highest BCUT2D eigenvalue weighted by Gasteiger charge is 2.19. The Morgan fingerprint density at radius 1 is 1.20 bits per heavy atom. The Morgan fingerprint density at radius 2 is 1.84 bits per heavy atom. The number of nitrogens with two attached hydrogens (primary N) is 1. The van der Waals surface area contributed by atoms with Crippen LogP contribution >= 0.6 is 0 Å². The molecule has 0 spiro atoms. The number of carbonyl (C=O) groups is 1. The molecule has 1 fully saturated rings. The van der Waals surface area contributed by atoms with E-state index in [-0.39, 0.29) is 16.8 Å². The zero-order valence-corrected chi connectivity index (χ0v) is 13.6. The van der Waals surface area contributed by atoms with Crippen molar-refractivity contribution in [2.24, 2.45) is 0 Å². The smallest absolute Gasteiger partial charge is 0.354 e. The topological polar surface area (TPSA) is 96.4 Å². The number of nitrogen functional groups attached to an aromatic ring is 1. The second kappa shape index (κ2) is 7.03. The molecule has 4 N–H and O–H groups in total. The number of carboxylic acids is 1. The van der Waals surface area contributed by atoms with Crippen molar-refractivity contribution >= 4 is 17.4 Å². The second-order valence-corrected chi connectivity index (χ2v) is 6.11. The molecule has 5 nitrogen and oxygen atoms in total. The highest BCUT2D eigenvalue weighted by Crippen LogP contribution is 2.31. The molecule has 0 aliphatic carbocycles. The molecular formula is C19H19FN2O3. The van der Waals surface area contributed by atoms with Gasteiger partial charge in [-0.15, -0.1) is 0 Å². The first-order valence-electron chi connectivity index (χ1n) is 8.06. The number of nitrogens with one attached hydrogen (secondary N) is 1. The first-order valence-corrected chi connectivity index (χ1v) is 8.06. The molecule has 130 valence electrons. The number of aliphatic carboxylic acids is 1. The van der Waals surface area contributed by atoms with Crippen LogP contribution < -0.4 is 5.73 Å². The van der Waals surface area contributed by atoms with Crippen LogP contribution in [0.25, 0.3) is 11.1 Å². The molecule has 0 saturated carbocycles. The van der Waals surface area contributed by atoms with E-state index in [1.54, 1.807) is 0 Å². The van der Waals surface area contributed by atoms with Crippen molar-refractivity contribution in [3.63, 3.8) is 0 Å². The highest BCUT2D eigenvalue weighted by atomic mass is 19.1. The Kier molecular flexibility index (Phi) is 4.81. The van der Waals surface area contributed by atoms with Crippen LogP contribution in [0.15, 0.2) is 36.4 Å². The molecule has 1 heterocycles. The monoisotopic (exact) mass is 342 g/mol. The molecule has 3 rings (SSSR count). The number of rotatable bonds is 4. The molecule has 25 heavy (non-hydrogen) atoms. The summed E-state index contributed by atoms with van der Waals surface area (Å²) in [5.74, 6) is -1.51. The fourth-order valence-corrected chi connectivity index (χ4v) is 3.11. The summed E-state index contributed by atoms with van der Waals surface area (Å²) in [5.41, 5.74) is 7.00. The molecule has 0 aromatic heterocycles. The minimum Gasteiger partial charge on any atom is -0.477 e. The van der Waals surface area contributed by atoms with E-state index >= 15 is 0 Å². The Labute approximate surface area is 144 Å². The average Bonchev–Trinajstić information content (AvgIpc) is 2.62. The predicted molar refractivity (Wildman–Crippen MR) is 93.5 cm³/mol. The number of carboxylic acid groups (broad SMARTS) is 1. The molecular weight excluding hydrogens is 323 g/mol. The van der Waals surface area contributed by atoms with E-state index in [1.165, 1.54) is 11.6 Å². The van der Waals surface area contributed by atoms with Crippen LogP contribution in [0.3, 0.4) is 0 Å². The van der Waals surface area contributed by atoms with Gasteiger partial charge >= 0.3 is 5.97 Å². The third-order valence-corrected chi connectivity index (χ3v) is 4.54. The standard InChI is InChI=1S/C19H19FN2O3/c20-16-10-17(21)15(18(22)19(23)24)9-14(16)13-3-1-11(2-4-13)12-5-7-25-8-6-12/h1-4,9-10,12,22H,5-8,21H2,(H,23,24). The summed E-state index contributed by atoms with van der Waals surface area (Å²) in [7, 11) is 0. The largest absolute Gasteiger partial charge is 0.477 e. The number of benzene rings is 2. The van der Waals surface area contributed by atoms with Crippen LogP contribution in [0, 0.1) is 11.2 Å². The minimum atomic E-state index is -1.40. The normalized spacial score (nSPS) is 15.1. The van der Waals surface area contributed by atoms with Crippen LogP contribution in [-0.2, 0) is 9.53 Å². The maximum Gasteiger partial charge on any atom is 0.354 e. The molecule has 6 heteroatoms. The van der Waals surface area contributed by atoms with Gasteiger partial charge in [0.2, 0.25) is 0 Å². The lowest BCUT2D eigenvalue weighted by Gasteiger charge is -2.22. The molecule has 2 aromatic carbocycles. The van der Waals surface area contributed by atoms with Crippen molar-refractivity contribution in [1.82, 2.24) is 0 Å². The van der Waals surface area contributed by atoms with E-state index in [1.807, 2.05) is 24.3 Å². The SMILES string of the molecule is N=C(C(=O)O)c1cc(-c2ccc(C3CCOCC3)cc2)c(F)cc1N. The Bertz CT molecular complexity index is 812. The minimum absolute atomic E-state index is 0.0115. The number of anilines is 1. The highest BCUT2D eigenvalue weighted by molar-refractivity contribution is 6.42. The van der Waals surface area contributed by atoms with E-state index in [0.717, 1.165) is 32.1 Å². The van der Waals surface area contributed by atoms with Gasteiger partial charge in [-0.05, 0) is 42.0 Å². The molecule has 0 amide bonds. The van der Waals surface area contributed by atoms with Gasteiger partial charge in [0, 0.05) is 30.0 Å². The van der Waals surface area contributed by atoms with Crippen molar-refractivity contribution in [3.8, 4) is 11.1 Å². The number of hydrogen-bond donors (Lipinski definition) is 3. The Hall–Kier alpha value is -2.73. The molecule has 0 atom stereocenters. The van der Waals surface area contributed by atoms with Gasteiger partial charge in [-0.25, -0.2) is 9.18 Å². The summed E-state index contributed by atoms with van der Waals surface area (Å²) in [4.78, 5) is 11.0. The van der Waals surface area contributed by atoms with Crippen molar-refractivity contribution in [1.29, 1.82) is 5.41 Å². The van der Waals surface area contributed by atoms with Crippen molar-refractivity contribution in [2.45, 2.75) is 18.8 Å². The zero-order valence-electron chi connectivity index (χ0n) is 13.6. The van der Waals surface area contributed by atoms with E-state index in [2.05, 4.69) is 0 Å². The molecule has 2 aromatic rings. The predicted octanol–water partition coefficient (Wildman–Crippen LogP) is 3.42. The number of hydrogen-bond acceptors (Lipinski definition) is 4. The van der Waals surface area contributed by atoms with Gasteiger partial charge in [0.25, 0.3) is 0 Å². The molecule has 1 aliphatic heterocycles. The van der Waals surface area contributed by atoms with Crippen LogP contribution in [-0.4, -0.2) is 30.0 Å². The molecule has 0 bridgehead atoms. The lowest BCUT2D eigenvalue weighted by Crippen LogP contribution is -2.15. The van der Waals surface area contributed by atoms with Crippen molar-refractivity contribution in [3.05, 3.63) is 53.3 Å². The average molecular weight is 342 g/mol.